The van der Waals surface area contributed by atoms with Crippen LogP contribution in [0.2, 0.25) is 0 Å². The van der Waals surface area contributed by atoms with Crippen molar-refractivity contribution in [1.29, 1.82) is 5.26 Å². The number of nitrogens with zero attached hydrogens (tertiary/aromatic N) is 3. The molecule has 1 atom stereocenters. The van der Waals surface area contributed by atoms with Crippen LogP contribution in [0.1, 0.15) is 29.5 Å². The van der Waals surface area contributed by atoms with Gasteiger partial charge in [0.2, 0.25) is 11.9 Å². The Balaban J connectivity index is 2.33. The minimum atomic E-state index is -4.54. The van der Waals surface area contributed by atoms with Crippen LogP contribution >= 0.6 is 11.8 Å². The number of halogens is 3. The van der Waals surface area contributed by atoms with Gasteiger partial charge in [-0.3, -0.25) is 9.59 Å². The number of primary amides is 1. The van der Waals surface area contributed by atoms with E-state index in [4.69, 9.17) is 11.5 Å². The molecule has 0 saturated carbocycles. The van der Waals surface area contributed by atoms with E-state index in [0.717, 1.165) is 23.9 Å². The molecule has 0 radical (unpaired) electrons. The van der Waals surface area contributed by atoms with Crippen molar-refractivity contribution in [2.75, 3.05) is 17.3 Å². The standard InChI is InChI=1S/C19H19F3N6O2S/c1-31-17-12(9-23)16(27-18(25)28-17)26-13(5-6-15(24)30)14(29)8-10-3-2-4-11(7-10)19(20,21)22/h2-4,7,13H,5-6,8H2,1H3,(H2,24,30)(H3,25,26,27,28)/t13-/m0/s1. The van der Waals surface area contributed by atoms with Crippen LogP contribution in [-0.4, -0.2) is 34.0 Å². The molecule has 31 heavy (non-hydrogen) atoms. The van der Waals surface area contributed by atoms with Gasteiger partial charge in [-0.05, 0) is 24.3 Å². The van der Waals surface area contributed by atoms with Crippen LogP contribution < -0.4 is 16.8 Å². The lowest BCUT2D eigenvalue weighted by Gasteiger charge is -2.19. The quantitative estimate of drug-likeness (QED) is 0.388. The smallest absolute Gasteiger partial charge is 0.370 e. The maximum Gasteiger partial charge on any atom is 0.416 e. The van der Waals surface area contributed by atoms with E-state index in [-0.39, 0.29) is 47.2 Å². The van der Waals surface area contributed by atoms with E-state index in [0.29, 0.717) is 0 Å². The van der Waals surface area contributed by atoms with Gasteiger partial charge in [-0.25, -0.2) is 4.98 Å². The molecule has 0 aliphatic heterocycles. The summed E-state index contributed by atoms with van der Waals surface area (Å²) in [4.78, 5) is 32.0. The van der Waals surface area contributed by atoms with E-state index >= 15 is 0 Å². The molecular formula is C19H19F3N6O2S. The minimum absolute atomic E-state index is 0.00814. The topological polar surface area (TPSA) is 148 Å². The van der Waals surface area contributed by atoms with E-state index in [9.17, 15) is 28.0 Å². The molecule has 1 aromatic heterocycles. The Bertz CT molecular complexity index is 1020. The molecule has 164 valence electrons. The van der Waals surface area contributed by atoms with E-state index in [1.54, 1.807) is 6.26 Å². The first-order chi connectivity index (χ1) is 14.5. The first kappa shape index (κ1) is 23.9. The lowest BCUT2D eigenvalue weighted by atomic mass is 9.98. The number of anilines is 2. The number of hydrogen-bond acceptors (Lipinski definition) is 8. The number of nitriles is 1. The first-order valence-electron chi connectivity index (χ1n) is 8.90. The molecule has 0 saturated heterocycles. The number of amides is 1. The highest BCUT2D eigenvalue weighted by molar-refractivity contribution is 7.98. The fraction of sp³-hybridized carbons (Fsp3) is 0.316. The van der Waals surface area contributed by atoms with Crippen molar-refractivity contribution in [1.82, 2.24) is 9.97 Å². The number of benzene rings is 1. The number of carbonyl (C=O) groups is 2. The van der Waals surface area contributed by atoms with Gasteiger partial charge >= 0.3 is 6.18 Å². The van der Waals surface area contributed by atoms with Gasteiger partial charge in [-0.1, -0.05) is 18.2 Å². The van der Waals surface area contributed by atoms with Crippen LogP contribution in [0, 0.1) is 11.3 Å². The summed E-state index contributed by atoms with van der Waals surface area (Å²) in [6.45, 7) is 0. The number of nitrogens with two attached hydrogens (primary N) is 2. The summed E-state index contributed by atoms with van der Waals surface area (Å²) < 4.78 is 38.8. The molecule has 8 nitrogen and oxygen atoms in total. The number of carbonyl (C=O) groups excluding carboxylic acids is 2. The van der Waals surface area contributed by atoms with E-state index < -0.39 is 29.5 Å². The van der Waals surface area contributed by atoms with Gasteiger partial charge in [0.05, 0.1) is 11.6 Å². The number of rotatable bonds is 9. The highest BCUT2D eigenvalue weighted by Gasteiger charge is 2.31. The molecule has 2 aromatic rings. The van der Waals surface area contributed by atoms with Crippen LogP contribution in [0.5, 0.6) is 0 Å². The largest absolute Gasteiger partial charge is 0.416 e. The van der Waals surface area contributed by atoms with Crippen LogP contribution in [0.25, 0.3) is 0 Å². The van der Waals surface area contributed by atoms with E-state index in [2.05, 4.69) is 15.3 Å². The van der Waals surface area contributed by atoms with Crippen LogP contribution in [0.4, 0.5) is 24.9 Å². The zero-order chi connectivity index (χ0) is 23.2. The molecule has 1 heterocycles. The van der Waals surface area contributed by atoms with Crippen LogP contribution in [0.15, 0.2) is 29.3 Å². The highest BCUT2D eigenvalue weighted by atomic mass is 32.2. The number of thioether (sulfide) groups is 1. The Morgan fingerprint density at radius 1 is 1.32 bits per heavy atom. The molecule has 1 amide bonds. The lowest BCUT2D eigenvalue weighted by molar-refractivity contribution is -0.137. The molecule has 0 unspecified atom stereocenters. The molecule has 5 N–H and O–H groups in total. The number of ketones is 1. The normalized spacial score (nSPS) is 12.1. The summed E-state index contributed by atoms with van der Waals surface area (Å²) in [6.07, 6.45) is -3.41. The SMILES string of the molecule is CSc1nc(N)nc(N[C@@H](CCC(N)=O)C(=O)Cc2cccc(C(F)(F)F)c2)c1C#N. The third kappa shape index (κ3) is 6.58. The minimum Gasteiger partial charge on any atom is -0.370 e. The highest BCUT2D eigenvalue weighted by Crippen LogP contribution is 2.30. The van der Waals surface area contributed by atoms with Gasteiger partial charge in [-0.15, -0.1) is 11.8 Å². The van der Waals surface area contributed by atoms with Crippen molar-refractivity contribution in [2.24, 2.45) is 5.73 Å². The van der Waals surface area contributed by atoms with Gasteiger partial charge in [-0.2, -0.15) is 23.4 Å². The summed E-state index contributed by atoms with van der Waals surface area (Å²) in [7, 11) is 0. The number of Topliss-reactive ketones (excluding diaryl/α,β-unsaturated/α-hetero) is 1. The average molecular weight is 452 g/mol. The van der Waals surface area contributed by atoms with Gasteiger partial charge in [0.15, 0.2) is 11.6 Å². The predicted octanol–water partition coefficient (Wildman–Crippen LogP) is 2.53. The molecule has 0 bridgehead atoms. The summed E-state index contributed by atoms with van der Waals surface area (Å²) in [6, 6.07) is 5.29. The summed E-state index contributed by atoms with van der Waals surface area (Å²) in [5.74, 6) is -1.31. The van der Waals surface area contributed by atoms with Crippen molar-refractivity contribution in [2.45, 2.75) is 36.5 Å². The van der Waals surface area contributed by atoms with Crippen molar-refractivity contribution in [3.8, 4) is 6.07 Å². The van der Waals surface area contributed by atoms with E-state index in [1.165, 1.54) is 12.1 Å². The Morgan fingerprint density at radius 3 is 2.61 bits per heavy atom. The molecule has 1 aromatic carbocycles. The van der Waals surface area contributed by atoms with Crippen molar-refractivity contribution in [3.63, 3.8) is 0 Å². The fourth-order valence-corrected chi connectivity index (χ4v) is 3.29. The third-order valence-electron chi connectivity index (χ3n) is 4.21. The summed E-state index contributed by atoms with van der Waals surface area (Å²) in [5.41, 5.74) is 10.2. The molecule has 0 fully saturated rings. The fourth-order valence-electron chi connectivity index (χ4n) is 2.76. The molecule has 0 aliphatic rings. The lowest BCUT2D eigenvalue weighted by Crippen LogP contribution is -2.33. The second-order valence-electron chi connectivity index (χ2n) is 6.47. The molecular weight excluding hydrogens is 433 g/mol. The number of aromatic nitrogens is 2. The number of nitrogens with one attached hydrogen (secondary N) is 1. The van der Waals surface area contributed by atoms with Crippen molar-refractivity contribution >= 4 is 35.2 Å². The van der Waals surface area contributed by atoms with Gasteiger partial charge < -0.3 is 16.8 Å². The van der Waals surface area contributed by atoms with Gasteiger partial charge in [0.25, 0.3) is 0 Å². The summed E-state index contributed by atoms with van der Waals surface area (Å²) in [5, 5.41) is 12.5. The second-order valence-corrected chi connectivity index (χ2v) is 7.26. The maximum absolute atomic E-state index is 12.9. The molecule has 0 aliphatic carbocycles. The summed E-state index contributed by atoms with van der Waals surface area (Å²) >= 11 is 1.15. The van der Waals surface area contributed by atoms with Gasteiger partial charge in [0, 0.05) is 12.8 Å². The number of hydrogen-bond donors (Lipinski definition) is 3. The van der Waals surface area contributed by atoms with Crippen molar-refractivity contribution in [3.05, 3.63) is 41.0 Å². The Morgan fingerprint density at radius 2 is 2.03 bits per heavy atom. The van der Waals surface area contributed by atoms with Gasteiger partial charge in [0.1, 0.15) is 16.7 Å². The Labute approximate surface area is 180 Å². The number of nitrogen functional groups attached to an aromatic ring is 1. The zero-order valence-electron chi connectivity index (χ0n) is 16.4. The molecule has 0 spiro atoms. The van der Waals surface area contributed by atoms with Crippen molar-refractivity contribution < 1.29 is 22.8 Å². The first-order valence-corrected chi connectivity index (χ1v) is 10.1. The van der Waals surface area contributed by atoms with E-state index in [1.807, 2.05) is 6.07 Å². The predicted molar refractivity (Wildman–Crippen MR) is 109 cm³/mol. The Kier molecular flexibility index (Phi) is 7.82. The van der Waals surface area contributed by atoms with Crippen LogP contribution in [-0.2, 0) is 22.2 Å². The number of alkyl halides is 3. The molecule has 2 rings (SSSR count). The van der Waals surface area contributed by atoms with Crippen LogP contribution in [0.3, 0.4) is 0 Å². The zero-order valence-corrected chi connectivity index (χ0v) is 17.2. The maximum atomic E-state index is 12.9. The Hall–Kier alpha value is -3.33. The third-order valence-corrected chi connectivity index (χ3v) is 4.89. The monoisotopic (exact) mass is 452 g/mol. The second kappa shape index (κ2) is 10.1. The average Bonchev–Trinajstić information content (AvgIpc) is 2.69. The molecule has 12 heteroatoms.